The molecule has 0 unspecified atom stereocenters. The van der Waals surface area contributed by atoms with Crippen LogP contribution in [-0.2, 0) is 11.3 Å². The molecule has 0 amide bonds. The van der Waals surface area contributed by atoms with Crippen molar-refractivity contribution in [3.63, 3.8) is 0 Å². The van der Waals surface area contributed by atoms with E-state index in [1.54, 1.807) is 0 Å². The molecule has 0 aliphatic carbocycles. The summed E-state index contributed by atoms with van der Waals surface area (Å²) in [6.45, 7) is 10.1. The maximum absolute atomic E-state index is 5.59. The van der Waals surface area contributed by atoms with Crippen molar-refractivity contribution in [1.82, 2.24) is 0 Å². The van der Waals surface area contributed by atoms with E-state index in [2.05, 4.69) is 58.0 Å². The van der Waals surface area contributed by atoms with Crippen molar-refractivity contribution < 1.29 is 4.74 Å². The highest BCUT2D eigenvalue weighted by Crippen LogP contribution is 2.10. The highest BCUT2D eigenvalue weighted by atomic mass is 16.5. The Kier molecular flexibility index (Phi) is 5.27. The average Bonchev–Trinajstić information content (AvgIpc) is 2.19. The number of ether oxygens (including phenoxy) is 1. The Balaban J connectivity index is 2.48. The highest BCUT2D eigenvalue weighted by Gasteiger charge is 1.96. The Hall–Kier alpha value is -1.08. The van der Waals surface area contributed by atoms with E-state index < -0.39 is 0 Å². The van der Waals surface area contributed by atoms with Crippen molar-refractivity contribution in [2.24, 2.45) is 5.92 Å². The van der Waals surface area contributed by atoms with E-state index >= 15 is 0 Å². The molecule has 0 heterocycles. The maximum atomic E-state index is 5.59. The third-order valence-corrected chi connectivity index (χ3v) is 2.15. The van der Waals surface area contributed by atoms with Gasteiger partial charge >= 0.3 is 0 Å². The smallest absolute Gasteiger partial charge is 0.0717 e. The predicted molar refractivity (Wildman–Crippen MR) is 70.3 cm³/mol. The van der Waals surface area contributed by atoms with Gasteiger partial charge in [-0.25, -0.2) is 0 Å². The minimum atomic E-state index is 0.602. The van der Waals surface area contributed by atoms with Crippen LogP contribution in [0.3, 0.4) is 0 Å². The van der Waals surface area contributed by atoms with Crippen LogP contribution in [0.1, 0.15) is 38.8 Å². The van der Waals surface area contributed by atoms with Crippen molar-refractivity contribution in [2.75, 3.05) is 6.61 Å². The quantitative estimate of drug-likeness (QED) is 0.716. The average molecular weight is 218 g/mol. The fraction of sp³-hybridized carbons (Fsp3) is 0.467. The van der Waals surface area contributed by atoms with Gasteiger partial charge in [0.05, 0.1) is 6.61 Å². The molecule has 0 N–H and O–H groups in total. The number of benzene rings is 1. The second-order valence-electron chi connectivity index (χ2n) is 4.87. The topological polar surface area (TPSA) is 9.23 Å². The van der Waals surface area contributed by atoms with Crippen LogP contribution in [0.2, 0.25) is 0 Å². The first kappa shape index (κ1) is 13.0. The van der Waals surface area contributed by atoms with Gasteiger partial charge in [-0.15, -0.1) is 0 Å². The van der Waals surface area contributed by atoms with Crippen LogP contribution in [0.15, 0.2) is 29.8 Å². The second kappa shape index (κ2) is 6.49. The third kappa shape index (κ3) is 5.13. The highest BCUT2D eigenvalue weighted by molar-refractivity contribution is 5.52. The van der Waals surface area contributed by atoms with Crippen LogP contribution in [-0.4, -0.2) is 6.61 Å². The van der Waals surface area contributed by atoms with Gasteiger partial charge in [0.25, 0.3) is 0 Å². The largest absolute Gasteiger partial charge is 0.377 e. The van der Waals surface area contributed by atoms with Gasteiger partial charge in [0.1, 0.15) is 0 Å². The molecule has 0 bridgehead atoms. The lowest BCUT2D eigenvalue weighted by Crippen LogP contribution is -2.01. The van der Waals surface area contributed by atoms with Crippen LogP contribution in [0.4, 0.5) is 0 Å². The molecule has 0 aromatic heterocycles. The molecule has 1 nitrogen and oxygen atoms in total. The summed E-state index contributed by atoms with van der Waals surface area (Å²) in [4.78, 5) is 0. The molecule has 0 radical (unpaired) electrons. The molecule has 0 spiro atoms. The van der Waals surface area contributed by atoms with Crippen LogP contribution in [0.5, 0.6) is 0 Å². The molecule has 1 aromatic rings. The number of allylic oxidation sites excluding steroid dienone is 1. The fourth-order valence-electron chi connectivity index (χ4n) is 1.46. The molecule has 1 aromatic carbocycles. The summed E-state index contributed by atoms with van der Waals surface area (Å²) in [5.74, 6) is 0.602. The van der Waals surface area contributed by atoms with Gasteiger partial charge in [-0.05, 0) is 30.9 Å². The molecule has 0 aliphatic rings. The van der Waals surface area contributed by atoms with Gasteiger partial charge in [-0.2, -0.15) is 0 Å². The van der Waals surface area contributed by atoms with Gasteiger partial charge in [0.15, 0.2) is 0 Å². The lowest BCUT2D eigenvalue weighted by molar-refractivity contribution is 0.0971. The van der Waals surface area contributed by atoms with Crippen molar-refractivity contribution in [2.45, 2.75) is 34.3 Å². The Bertz CT molecular complexity index is 329. The maximum Gasteiger partial charge on any atom is 0.0717 e. The van der Waals surface area contributed by atoms with E-state index in [-0.39, 0.29) is 0 Å². The first-order valence-electron chi connectivity index (χ1n) is 5.89. The van der Waals surface area contributed by atoms with Crippen molar-refractivity contribution in [3.05, 3.63) is 41.0 Å². The molecular weight excluding hydrogens is 196 g/mol. The lowest BCUT2D eigenvalue weighted by Gasteiger charge is -2.07. The van der Waals surface area contributed by atoms with Gasteiger partial charge in [-0.1, -0.05) is 49.8 Å². The zero-order valence-corrected chi connectivity index (χ0v) is 10.8. The summed E-state index contributed by atoms with van der Waals surface area (Å²) in [5, 5.41) is 0. The van der Waals surface area contributed by atoms with E-state index in [1.807, 2.05) is 0 Å². The molecule has 0 saturated heterocycles. The predicted octanol–water partition coefficient (Wildman–Crippen LogP) is 4.28. The van der Waals surface area contributed by atoms with Crippen molar-refractivity contribution >= 4 is 6.08 Å². The fourth-order valence-corrected chi connectivity index (χ4v) is 1.46. The number of hydrogen-bond donors (Lipinski definition) is 0. The van der Waals surface area contributed by atoms with E-state index in [0.717, 1.165) is 6.61 Å². The van der Waals surface area contributed by atoms with E-state index in [1.165, 1.54) is 16.7 Å². The minimum Gasteiger partial charge on any atom is -0.377 e. The summed E-state index contributed by atoms with van der Waals surface area (Å²) in [5.41, 5.74) is 3.82. The van der Waals surface area contributed by atoms with Crippen molar-refractivity contribution in [3.8, 4) is 0 Å². The van der Waals surface area contributed by atoms with Crippen LogP contribution < -0.4 is 0 Å². The molecule has 1 heteroatoms. The van der Waals surface area contributed by atoms with Gasteiger partial charge in [0.2, 0.25) is 0 Å². The Morgan fingerprint density at radius 1 is 1.19 bits per heavy atom. The van der Waals surface area contributed by atoms with Gasteiger partial charge in [0, 0.05) is 6.61 Å². The minimum absolute atomic E-state index is 0.602. The van der Waals surface area contributed by atoms with E-state index in [4.69, 9.17) is 4.74 Å². The summed E-state index contributed by atoms with van der Waals surface area (Å²) in [6, 6.07) is 8.55. The summed E-state index contributed by atoms with van der Waals surface area (Å²) in [7, 11) is 0. The summed E-state index contributed by atoms with van der Waals surface area (Å²) < 4.78 is 5.59. The first-order valence-corrected chi connectivity index (χ1v) is 5.89. The molecule has 0 fully saturated rings. The third-order valence-electron chi connectivity index (χ3n) is 2.15. The van der Waals surface area contributed by atoms with Gasteiger partial charge in [-0.3, -0.25) is 0 Å². The van der Waals surface area contributed by atoms with E-state index in [9.17, 15) is 0 Å². The Morgan fingerprint density at radius 2 is 1.81 bits per heavy atom. The van der Waals surface area contributed by atoms with Crippen LogP contribution >= 0.6 is 0 Å². The zero-order chi connectivity index (χ0) is 12.0. The van der Waals surface area contributed by atoms with Gasteiger partial charge < -0.3 is 4.74 Å². The van der Waals surface area contributed by atoms with E-state index in [0.29, 0.717) is 12.5 Å². The molecular formula is C15H22O. The number of rotatable bonds is 5. The summed E-state index contributed by atoms with van der Waals surface area (Å²) >= 11 is 0. The molecule has 16 heavy (non-hydrogen) atoms. The second-order valence-corrected chi connectivity index (χ2v) is 4.87. The standard InChI is InChI=1S/C15H22O/c1-12(2)9-14-5-7-15(8-6-14)11-16-10-13(3)4/h5-9,13H,10-11H2,1-4H3. The lowest BCUT2D eigenvalue weighted by atomic mass is 10.1. The Labute approximate surface area is 99.1 Å². The van der Waals surface area contributed by atoms with Crippen LogP contribution in [0.25, 0.3) is 6.08 Å². The molecule has 88 valence electrons. The summed E-state index contributed by atoms with van der Waals surface area (Å²) in [6.07, 6.45) is 2.18. The monoisotopic (exact) mass is 218 g/mol. The SMILES string of the molecule is CC(C)=Cc1ccc(COCC(C)C)cc1. The zero-order valence-electron chi connectivity index (χ0n) is 10.8. The Morgan fingerprint density at radius 3 is 2.31 bits per heavy atom. The molecule has 0 saturated carbocycles. The normalized spacial score (nSPS) is 10.6. The first-order chi connectivity index (χ1) is 7.58. The van der Waals surface area contributed by atoms with Crippen molar-refractivity contribution in [1.29, 1.82) is 0 Å². The molecule has 0 atom stereocenters. The molecule has 0 aliphatic heterocycles. The molecule has 1 rings (SSSR count). The number of hydrogen-bond acceptors (Lipinski definition) is 1. The van der Waals surface area contributed by atoms with Crippen LogP contribution in [0, 0.1) is 5.92 Å².